The van der Waals surface area contributed by atoms with E-state index < -0.39 is 28.8 Å². The Kier molecular flexibility index (Phi) is 7.50. The highest BCUT2D eigenvalue weighted by molar-refractivity contribution is 7.88. The van der Waals surface area contributed by atoms with Crippen molar-refractivity contribution in [1.82, 2.24) is 19.3 Å². The van der Waals surface area contributed by atoms with Gasteiger partial charge in [-0.25, -0.2) is 12.7 Å². The Morgan fingerprint density at radius 3 is 2.40 bits per heavy atom. The summed E-state index contributed by atoms with van der Waals surface area (Å²) >= 11 is 0. The number of nitrogens with one attached hydrogen (secondary N) is 2. The molecule has 2 aliphatic rings. The molecule has 1 aromatic carbocycles. The first kappa shape index (κ1) is 25.2. The minimum absolute atomic E-state index is 0.0341. The van der Waals surface area contributed by atoms with Crippen LogP contribution in [0, 0.1) is 0 Å². The van der Waals surface area contributed by atoms with Crippen molar-refractivity contribution in [3.05, 3.63) is 24.3 Å². The molecule has 0 spiro atoms. The maximum atomic E-state index is 12.7. The van der Waals surface area contributed by atoms with Crippen molar-refractivity contribution in [2.24, 2.45) is 0 Å². The summed E-state index contributed by atoms with van der Waals surface area (Å²) in [5.41, 5.74) is 1.71. The van der Waals surface area contributed by atoms with E-state index in [2.05, 4.69) is 30.5 Å². The van der Waals surface area contributed by atoms with Gasteiger partial charge in [0.2, 0.25) is 21.9 Å². The van der Waals surface area contributed by atoms with Crippen LogP contribution >= 0.6 is 0 Å². The van der Waals surface area contributed by atoms with Gasteiger partial charge in [0, 0.05) is 43.6 Å². The molecule has 35 heavy (non-hydrogen) atoms. The number of rotatable bonds is 8. The first-order valence-electron chi connectivity index (χ1n) is 11.3. The number of halogens is 3. The molecule has 0 bridgehead atoms. The number of benzene rings is 1. The molecule has 0 aliphatic carbocycles. The number of sulfonamides is 1. The summed E-state index contributed by atoms with van der Waals surface area (Å²) in [5.74, 6) is 0.0833. The van der Waals surface area contributed by atoms with Gasteiger partial charge < -0.3 is 20.3 Å². The maximum absolute atomic E-state index is 12.7. The van der Waals surface area contributed by atoms with Crippen molar-refractivity contribution in [2.75, 3.05) is 54.6 Å². The van der Waals surface area contributed by atoms with Crippen molar-refractivity contribution >= 4 is 33.3 Å². The SMILES string of the molecule is CS(=O)(=O)N1CCC(Nc2nc(Nc3cccc(N4CCCC4)c3)nc(OCC(F)(F)F)n2)CC1. The minimum Gasteiger partial charge on any atom is -0.454 e. The van der Waals surface area contributed by atoms with Crippen LogP contribution in [0.15, 0.2) is 24.3 Å². The van der Waals surface area contributed by atoms with Gasteiger partial charge in [-0.05, 0) is 43.9 Å². The summed E-state index contributed by atoms with van der Waals surface area (Å²) in [5, 5.41) is 6.11. The van der Waals surface area contributed by atoms with Crippen molar-refractivity contribution in [1.29, 1.82) is 0 Å². The Labute approximate surface area is 202 Å². The lowest BCUT2D eigenvalue weighted by molar-refractivity contribution is -0.154. The Morgan fingerprint density at radius 1 is 1.06 bits per heavy atom. The van der Waals surface area contributed by atoms with Gasteiger partial charge in [-0.15, -0.1) is 0 Å². The van der Waals surface area contributed by atoms with Crippen molar-refractivity contribution in [3.8, 4) is 6.01 Å². The van der Waals surface area contributed by atoms with Crippen molar-refractivity contribution < 1.29 is 26.3 Å². The fourth-order valence-electron chi connectivity index (χ4n) is 4.09. The second kappa shape index (κ2) is 10.4. The Hall–Kier alpha value is -2.87. The third kappa shape index (κ3) is 7.31. The third-order valence-corrected chi connectivity index (χ3v) is 7.11. The van der Waals surface area contributed by atoms with Crippen molar-refractivity contribution in [3.63, 3.8) is 0 Å². The van der Waals surface area contributed by atoms with Crippen molar-refractivity contribution in [2.45, 2.75) is 37.9 Å². The number of ether oxygens (including phenoxy) is 1. The van der Waals surface area contributed by atoms with E-state index in [0.717, 1.165) is 37.9 Å². The molecule has 2 fully saturated rings. The monoisotopic (exact) mass is 515 g/mol. The number of aromatic nitrogens is 3. The molecule has 2 aliphatic heterocycles. The van der Waals surface area contributed by atoms with Gasteiger partial charge >= 0.3 is 12.2 Å². The molecule has 192 valence electrons. The minimum atomic E-state index is -4.55. The highest BCUT2D eigenvalue weighted by Crippen LogP contribution is 2.26. The summed E-state index contributed by atoms with van der Waals surface area (Å²) in [6.07, 6.45) is -0.132. The molecule has 1 aromatic heterocycles. The van der Waals surface area contributed by atoms with Crippen LogP contribution in [0.25, 0.3) is 0 Å². The molecule has 0 unspecified atom stereocenters. The lowest BCUT2D eigenvalue weighted by Crippen LogP contribution is -2.42. The quantitative estimate of drug-likeness (QED) is 0.548. The number of alkyl halides is 3. The van der Waals surface area contributed by atoms with Crippen LogP contribution in [0.5, 0.6) is 6.01 Å². The number of nitrogens with zero attached hydrogens (tertiary/aromatic N) is 5. The van der Waals surface area contributed by atoms with Gasteiger partial charge in [0.25, 0.3) is 0 Å². The number of hydrogen-bond donors (Lipinski definition) is 2. The average Bonchev–Trinajstić information content (AvgIpc) is 3.32. The molecule has 10 nitrogen and oxygen atoms in total. The Morgan fingerprint density at radius 2 is 1.74 bits per heavy atom. The largest absolute Gasteiger partial charge is 0.454 e. The van der Waals surface area contributed by atoms with E-state index in [-0.39, 0.29) is 17.9 Å². The zero-order valence-electron chi connectivity index (χ0n) is 19.3. The van der Waals surface area contributed by atoms with Crippen LogP contribution in [-0.4, -0.2) is 78.9 Å². The van der Waals surface area contributed by atoms with Crippen LogP contribution in [0.4, 0.5) is 36.4 Å². The first-order valence-corrected chi connectivity index (χ1v) is 13.2. The predicted octanol–water partition coefficient (Wildman–Crippen LogP) is 2.99. The summed E-state index contributed by atoms with van der Waals surface area (Å²) in [4.78, 5) is 14.6. The van der Waals surface area contributed by atoms with Gasteiger partial charge in [-0.1, -0.05) is 6.07 Å². The highest BCUT2D eigenvalue weighted by Gasteiger charge is 2.30. The second-order valence-corrected chi connectivity index (χ2v) is 10.6. The molecule has 0 atom stereocenters. The first-order chi connectivity index (χ1) is 16.5. The lowest BCUT2D eigenvalue weighted by atomic mass is 10.1. The summed E-state index contributed by atoms with van der Waals surface area (Å²) in [7, 11) is -3.28. The molecule has 0 radical (unpaired) electrons. The van der Waals surface area contributed by atoms with Crippen LogP contribution in [-0.2, 0) is 10.0 Å². The van der Waals surface area contributed by atoms with E-state index in [4.69, 9.17) is 4.74 Å². The molecule has 2 saturated heterocycles. The van der Waals surface area contributed by atoms with Gasteiger partial charge in [0.05, 0.1) is 6.26 Å². The van der Waals surface area contributed by atoms with Gasteiger partial charge in [-0.3, -0.25) is 0 Å². The maximum Gasteiger partial charge on any atom is 0.422 e. The van der Waals surface area contributed by atoms with E-state index in [9.17, 15) is 21.6 Å². The summed E-state index contributed by atoms with van der Waals surface area (Å²) in [6, 6.07) is 7.00. The third-order valence-electron chi connectivity index (χ3n) is 5.81. The van der Waals surface area contributed by atoms with Crippen LogP contribution < -0.4 is 20.3 Å². The van der Waals surface area contributed by atoms with Gasteiger partial charge in [0.1, 0.15) is 0 Å². The molecule has 2 aromatic rings. The van der Waals surface area contributed by atoms with Crippen LogP contribution in [0.3, 0.4) is 0 Å². The predicted molar refractivity (Wildman–Crippen MR) is 126 cm³/mol. The lowest BCUT2D eigenvalue weighted by Gasteiger charge is -2.30. The van der Waals surface area contributed by atoms with E-state index in [0.29, 0.717) is 31.6 Å². The highest BCUT2D eigenvalue weighted by atomic mass is 32.2. The summed E-state index contributed by atoms with van der Waals surface area (Å²) in [6.45, 7) is 1.06. The van der Waals surface area contributed by atoms with Gasteiger partial charge in [-0.2, -0.15) is 28.1 Å². The Bertz CT molecular complexity index is 1120. The molecular weight excluding hydrogens is 487 g/mol. The molecule has 4 rings (SSSR count). The van der Waals surface area contributed by atoms with Crippen LogP contribution in [0.1, 0.15) is 25.7 Å². The molecule has 14 heteroatoms. The number of hydrogen-bond acceptors (Lipinski definition) is 9. The zero-order chi connectivity index (χ0) is 25.1. The molecule has 2 N–H and O–H groups in total. The average molecular weight is 516 g/mol. The fourth-order valence-corrected chi connectivity index (χ4v) is 4.96. The molecule has 3 heterocycles. The molecule has 0 saturated carbocycles. The molecular formula is C21H28F3N7O3S. The van der Waals surface area contributed by atoms with E-state index in [1.165, 1.54) is 4.31 Å². The fraction of sp³-hybridized carbons (Fsp3) is 0.571. The van der Waals surface area contributed by atoms with E-state index in [1.807, 2.05) is 24.3 Å². The molecule has 0 amide bonds. The number of anilines is 4. The van der Waals surface area contributed by atoms with Crippen LogP contribution in [0.2, 0.25) is 0 Å². The smallest absolute Gasteiger partial charge is 0.422 e. The Balaban J connectivity index is 1.50. The van der Waals surface area contributed by atoms with Gasteiger partial charge in [0.15, 0.2) is 6.61 Å². The topological polar surface area (TPSA) is 113 Å². The van der Waals surface area contributed by atoms with E-state index in [1.54, 1.807) is 0 Å². The second-order valence-electron chi connectivity index (χ2n) is 8.62. The number of piperidine rings is 1. The standard InChI is InChI=1S/C21H28F3N7O3S/c1-35(32,33)31-11-7-15(8-12-31)25-18-27-19(29-20(28-18)34-14-21(22,23)24)26-16-5-4-6-17(13-16)30-9-2-3-10-30/h4-6,13,15H,2-3,7-12,14H2,1H3,(H2,25,26,27,28,29). The normalized spacial score (nSPS) is 18.0. The summed E-state index contributed by atoms with van der Waals surface area (Å²) < 4.78 is 67.7. The zero-order valence-corrected chi connectivity index (χ0v) is 20.1. The van der Waals surface area contributed by atoms with E-state index >= 15 is 0 Å².